The minimum Gasteiger partial charge on any atom is -0.341 e. The van der Waals surface area contributed by atoms with Crippen LogP contribution in [0.2, 0.25) is 0 Å². The van der Waals surface area contributed by atoms with E-state index >= 15 is 0 Å². The summed E-state index contributed by atoms with van der Waals surface area (Å²) in [6, 6.07) is 10.4. The topological polar surface area (TPSA) is 78.4 Å². The number of aromatic nitrogens is 2. The molecule has 0 saturated carbocycles. The molecule has 0 spiro atoms. The van der Waals surface area contributed by atoms with Gasteiger partial charge in [0.2, 0.25) is 5.91 Å². The van der Waals surface area contributed by atoms with E-state index in [1.807, 2.05) is 4.90 Å². The molecule has 1 amide bonds. The first-order chi connectivity index (χ1) is 13.1. The Morgan fingerprint density at radius 2 is 1.78 bits per heavy atom. The quantitative estimate of drug-likeness (QED) is 0.860. The summed E-state index contributed by atoms with van der Waals surface area (Å²) in [5, 5.41) is 0. The van der Waals surface area contributed by atoms with Gasteiger partial charge in [-0.15, -0.1) is 0 Å². The molecule has 2 aromatic rings. The first kappa shape index (κ1) is 17.7. The lowest BCUT2D eigenvalue weighted by atomic mass is 9.95. The molecule has 4 rings (SSSR count). The van der Waals surface area contributed by atoms with Crippen molar-refractivity contribution in [3.8, 4) is 0 Å². The number of amides is 1. The van der Waals surface area contributed by atoms with Crippen molar-refractivity contribution in [2.24, 2.45) is 0 Å². The van der Waals surface area contributed by atoms with E-state index in [9.17, 15) is 14.4 Å². The molecule has 0 atom stereocenters. The summed E-state index contributed by atoms with van der Waals surface area (Å²) in [6.07, 6.45) is 4.37. The number of hydrogen-bond acceptors (Lipinski definition) is 4. The maximum atomic E-state index is 12.5. The number of H-pyrrole nitrogens is 1. The fourth-order valence-electron chi connectivity index (χ4n) is 4.12. The minimum absolute atomic E-state index is 0.0304. The van der Waals surface area contributed by atoms with Gasteiger partial charge in [-0.3, -0.25) is 24.0 Å². The van der Waals surface area contributed by atoms with Crippen LogP contribution in [0.3, 0.4) is 0 Å². The number of likely N-dealkylation sites (tertiary alicyclic amines) is 1. The maximum Gasteiger partial charge on any atom is 0.328 e. The normalized spacial score (nSPS) is 18.3. The molecule has 1 saturated heterocycles. The van der Waals surface area contributed by atoms with Gasteiger partial charge in [0.15, 0.2) is 0 Å². The summed E-state index contributed by atoms with van der Waals surface area (Å²) in [4.78, 5) is 41.9. The summed E-state index contributed by atoms with van der Waals surface area (Å²) < 4.78 is 1.25. The van der Waals surface area contributed by atoms with Gasteiger partial charge in [0.05, 0.1) is 0 Å². The SMILES string of the molecule is O=C(Cn1ccc(=O)[nH]c1=O)N1CCC(N2CCc3ccccc3C2)CC1. The van der Waals surface area contributed by atoms with Gasteiger partial charge >= 0.3 is 5.69 Å². The van der Waals surface area contributed by atoms with Crippen LogP contribution in [0.4, 0.5) is 0 Å². The number of hydrogen-bond donors (Lipinski definition) is 1. The number of carbonyl (C=O) groups excluding carboxylic acids is 1. The molecule has 2 aliphatic heterocycles. The number of nitrogens with zero attached hydrogens (tertiary/aromatic N) is 3. The maximum absolute atomic E-state index is 12.5. The van der Waals surface area contributed by atoms with Crippen molar-refractivity contribution >= 4 is 5.91 Å². The lowest BCUT2D eigenvalue weighted by Gasteiger charge is -2.40. The summed E-state index contributed by atoms with van der Waals surface area (Å²) in [5.74, 6) is -0.0772. The number of nitrogens with one attached hydrogen (secondary N) is 1. The van der Waals surface area contributed by atoms with E-state index in [1.54, 1.807) is 0 Å². The summed E-state index contributed by atoms with van der Waals surface area (Å²) in [6.45, 7) is 3.45. The van der Waals surface area contributed by atoms with E-state index < -0.39 is 11.2 Å². The van der Waals surface area contributed by atoms with Crippen LogP contribution >= 0.6 is 0 Å². The van der Waals surface area contributed by atoms with E-state index in [2.05, 4.69) is 34.1 Å². The zero-order valence-electron chi connectivity index (χ0n) is 15.3. The highest BCUT2D eigenvalue weighted by atomic mass is 16.2. The molecule has 0 unspecified atom stereocenters. The van der Waals surface area contributed by atoms with Crippen LogP contribution in [0, 0.1) is 0 Å². The number of benzene rings is 1. The van der Waals surface area contributed by atoms with E-state index in [-0.39, 0.29) is 12.5 Å². The monoisotopic (exact) mass is 368 g/mol. The van der Waals surface area contributed by atoms with Crippen molar-refractivity contribution in [3.63, 3.8) is 0 Å². The van der Waals surface area contributed by atoms with Crippen LogP contribution in [0.25, 0.3) is 0 Å². The Labute approximate surface area is 157 Å². The fourth-order valence-corrected chi connectivity index (χ4v) is 4.12. The summed E-state index contributed by atoms with van der Waals surface area (Å²) >= 11 is 0. The summed E-state index contributed by atoms with van der Waals surface area (Å²) in [7, 11) is 0. The zero-order valence-corrected chi connectivity index (χ0v) is 15.3. The van der Waals surface area contributed by atoms with Crippen molar-refractivity contribution in [3.05, 3.63) is 68.5 Å². The Hall–Kier alpha value is -2.67. The third-order valence-electron chi connectivity index (χ3n) is 5.70. The third kappa shape index (κ3) is 3.88. The summed E-state index contributed by atoms with van der Waals surface area (Å²) in [5.41, 5.74) is 1.87. The smallest absolute Gasteiger partial charge is 0.328 e. The Morgan fingerprint density at radius 1 is 1.04 bits per heavy atom. The van der Waals surface area contributed by atoms with Gasteiger partial charge in [0.25, 0.3) is 5.56 Å². The van der Waals surface area contributed by atoms with Crippen LogP contribution in [0.1, 0.15) is 24.0 Å². The predicted molar refractivity (Wildman–Crippen MR) is 101 cm³/mol. The van der Waals surface area contributed by atoms with Crippen molar-refractivity contribution < 1.29 is 4.79 Å². The molecule has 1 N–H and O–H groups in total. The molecule has 0 aliphatic carbocycles. The van der Waals surface area contributed by atoms with Crippen molar-refractivity contribution in [1.29, 1.82) is 0 Å². The highest BCUT2D eigenvalue weighted by Crippen LogP contribution is 2.24. The molecule has 0 bridgehead atoms. The molecule has 142 valence electrons. The first-order valence-electron chi connectivity index (χ1n) is 9.48. The van der Waals surface area contributed by atoms with Gasteiger partial charge in [-0.05, 0) is 30.4 Å². The van der Waals surface area contributed by atoms with Gasteiger partial charge < -0.3 is 4.90 Å². The zero-order chi connectivity index (χ0) is 18.8. The van der Waals surface area contributed by atoms with Crippen molar-refractivity contribution in [2.45, 2.75) is 38.4 Å². The number of fused-ring (bicyclic) bond motifs is 1. The number of carbonyl (C=O) groups is 1. The van der Waals surface area contributed by atoms with Gasteiger partial charge in [0, 0.05) is 44.5 Å². The van der Waals surface area contributed by atoms with E-state index in [0.29, 0.717) is 19.1 Å². The average molecular weight is 368 g/mol. The van der Waals surface area contributed by atoms with Crippen LogP contribution in [0.5, 0.6) is 0 Å². The second-order valence-electron chi connectivity index (χ2n) is 7.34. The van der Waals surface area contributed by atoms with E-state index in [0.717, 1.165) is 32.4 Å². The van der Waals surface area contributed by atoms with E-state index in [4.69, 9.17) is 0 Å². The standard InChI is InChI=1S/C20H24N4O3/c25-18-8-12-24(20(27)21-18)14-19(26)22-10-6-17(7-11-22)23-9-5-15-3-1-2-4-16(15)13-23/h1-4,8,12,17H,5-7,9-11,13-14H2,(H,21,25,27). The number of aromatic amines is 1. The Balaban J connectivity index is 1.33. The second-order valence-corrected chi connectivity index (χ2v) is 7.34. The largest absolute Gasteiger partial charge is 0.341 e. The van der Waals surface area contributed by atoms with Crippen LogP contribution in [0.15, 0.2) is 46.1 Å². The number of rotatable bonds is 3. The van der Waals surface area contributed by atoms with Gasteiger partial charge in [-0.2, -0.15) is 0 Å². The van der Waals surface area contributed by atoms with Gasteiger partial charge in [-0.25, -0.2) is 4.79 Å². The van der Waals surface area contributed by atoms with Gasteiger partial charge in [-0.1, -0.05) is 24.3 Å². The Morgan fingerprint density at radius 3 is 2.52 bits per heavy atom. The Kier molecular flexibility index (Phi) is 4.94. The molecular formula is C20H24N4O3. The van der Waals surface area contributed by atoms with Crippen LogP contribution in [-0.2, 0) is 24.3 Å². The second kappa shape index (κ2) is 7.52. The lowest BCUT2D eigenvalue weighted by molar-refractivity contribution is -0.133. The molecule has 0 radical (unpaired) electrons. The molecule has 1 fully saturated rings. The molecule has 7 heteroatoms. The van der Waals surface area contributed by atoms with Gasteiger partial charge in [0.1, 0.15) is 6.54 Å². The van der Waals surface area contributed by atoms with Crippen LogP contribution in [-0.4, -0.2) is 50.9 Å². The molecule has 1 aromatic heterocycles. The number of piperidine rings is 1. The molecule has 1 aromatic carbocycles. The Bertz CT molecular complexity index is 940. The highest BCUT2D eigenvalue weighted by Gasteiger charge is 2.28. The molecule has 2 aliphatic rings. The molecular weight excluding hydrogens is 344 g/mol. The fraction of sp³-hybridized carbons (Fsp3) is 0.450. The minimum atomic E-state index is -0.544. The van der Waals surface area contributed by atoms with Crippen molar-refractivity contribution in [1.82, 2.24) is 19.4 Å². The van der Waals surface area contributed by atoms with E-state index in [1.165, 1.54) is 28.0 Å². The predicted octanol–water partition coefficient (Wildman–Crippen LogP) is 0.586. The molecule has 7 nitrogen and oxygen atoms in total. The molecule has 27 heavy (non-hydrogen) atoms. The van der Waals surface area contributed by atoms with Crippen LogP contribution < -0.4 is 11.2 Å². The first-order valence-corrected chi connectivity index (χ1v) is 9.48. The van der Waals surface area contributed by atoms with Crippen molar-refractivity contribution in [2.75, 3.05) is 19.6 Å². The third-order valence-corrected chi connectivity index (χ3v) is 5.70. The lowest BCUT2D eigenvalue weighted by Crippen LogP contribution is -2.49. The average Bonchev–Trinajstić information content (AvgIpc) is 2.70. The molecule has 3 heterocycles. The highest BCUT2D eigenvalue weighted by molar-refractivity contribution is 5.76.